The molecule has 1 atom stereocenters. The average molecular weight is 246 g/mol. The zero-order chi connectivity index (χ0) is 13.0. The Morgan fingerprint density at radius 1 is 1.39 bits per heavy atom. The van der Waals surface area contributed by atoms with Crippen LogP contribution in [0.25, 0.3) is 0 Å². The van der Waals surface area contributed by atoms with Crippen molar-refractivity contribution in [1.29, 1.82) is 0 Å². The Balaban J connectivity index is 1.96. The van der Waals surface area contributed by atoms with E-state index >= 15 is 0 Å². The molecule has 2 amide bonds. The Hall–Kier alpha value is -1.51. The molecule has 98 valence electrons. The molecule has 18 heavy (non-hydrogen) atoms. The third-order valence-corrected chi connectivity index (χ3v) is 3.35. The van der Waals surface area contributed by atoms with E-state index in [1.165, 1.54) is 11.1 Å². The van der Waals surface area contributed by atoms with Gasteiger partial charge in [-0.15, -0.1) is 0 Å². The first-order chi connectivity index (χ1) is 8.66. The Kier molecular flexibility index (Phi) is 4.24. The lowest BCUT2D eigenvalue weighted by atomic mass is 9.88. The van der Waals surface area contributed by atoms with Gasteiger partial charge in [0.15, 0.2) is 0 Å². The molecule has 0 bridgehead atoms. The van der Waals surface area contributed by atoms with Crippen LogP contribution in [-0.4, -0.2) is 12.6 Å². The van der Waals surface area contributed by atoms with Crippen LogP contribution in [0.5, 0.6) is 0 Å². The molecule has 0 saturated heterocycles. The Morgan fingerprint density at radius 2 is 2.17 bits per heavy atom. The summed E-state index contributed by atoms with van der Waals surface area (Å²) in [5, 5.41) is 5.99. The molecule has 0 radical (unpaired) electrons. The quantitative estimate of drug-likeness (QED) is 0.845. The van der Waals surface area contributed by atoms with Crippen LogP contribution in [0.15, 0.2) is 24.3 Å². The normalized spacial score (nSPS) is 18.3. The van der Waals surface area contributed by atoms with Crippen LogP contribution >= 0.6 is 0 Å². The molecule has 0 saturated carbocycles. The number of benzene rings is 1. The maximum absolute atomic E-state index is 11.8. The summed E-state index contributed by atoms with van der Waals surface area (Å²) in [5.74, 6) is 0.481. The summed E-state index contributed by atoms with van der Waals surface area (Å²) in [5.41, 5.74) is 2.65. The topological polar surface area (TPSA) is 41.1 Å². The van der Waals surface area contributed by atoms with Crippen LogP contribution in [0.3, 0.4) is 0 Å². The standard InChI is InChI=1S/C15H22N2O/c1-11(2)10-16-15(18)17-14-9-5-7-12-6-3-4-8-13(12)14/h3-4,6,8,11,14H,5,7,9-10H2,1-2H3,(H2,16,17,18)/t14-/m0/s1. The summed E-state index contributed by atoms with van der Waals surface area (Å²) in [4.78, 5) is 11.8. The molecule has 0 heterocycles. The highest BCUT2D eigenvalue weighted by molar-refractivity contribution is 5.74. The van der Waals surface area contributed by atoms with Crippen molar-refractivity contribution in [2.24, 2.45) is 5.92 Å². The highest BCUT2D eigenvalue weighted by Gasteiger charge is 2.20. The van der Waals surface area contributed by atoms with Gasteiger partial charge in [-0.1, -0.05) is 38.1 Å². The van der Waals surface area contributed by atoms with Crippen LogP contribution in [0.2, 0.25) is 0 Å². The van der Waals surface area contributed by atoms with E-state index in [0.29, 0.717) is 5.92 Å². The average Bonchev–Trinajstić information content (AvgIpc) is 2.37. The van der Waals surface area contributed by atoms with E-state index in [9.17, 15) is 4.79 Å². The maximum atomic E-state index is 11.8. The molecule has 1 aliphatic carbocycles. The molecule has 1 aliphatic rings. The monoisotopic (exact) mass is 246 g/mol. The first-order valence-electron chi connectivity index (χ1n) is 6.79. The molecule has 0 unspecified atom stereocenters. The van der Waals surface area contributed by atoms with Crippen molar-refractivity contribution >= 4 is 6.03 Å². The van der Waals surface area contributed by atoms with Crippen LogP contribution in [0, 0.1) is 5.92 Å². The molecular formula is C15H22N2O. The molecule has 2 N–H and O–H groups in total. The fourth-order valence-electron chi connectivity index (χ4n) is 2.41. The zero-order valence-electron chi connectivity index (χ0n) is 11.2. The summed E-state index contributed by atoms with van der Waals surface area (Å²) >= 11 is 0. The van der Waals surface area contributed by atoms with Gasteiger partial charge in [-0.3, -0.25) is 0 Å². The van der Waals surface area contributed by atoms with Crippen LogP contribution in [-0.2, 0) is 6.42 Å². The third kappa shape index (κ3) is 3.25. The van der Waals surface area contributed by atoms with Crippen molar-refractivity contribution in [3.8, 4) is 0 Å². The molecule has 3 heteroatoms. The van der Waals surface area contributed by atoms with Crippen molar-refractivity contribution in [3.63, 3.8) is 0 Å². The van der Waals surface area contributed by atoms with Gasteiger partial charge in [-0.05, 0) is 36.3 Å². The molecule has 2 rings (SSSR count). The van der Waals surface area contributed by atoms with E-state index in [-0.39, 0.29) is 12.1 Å². The number of rotatable bonds is 3. The van der Waals surface area contributed by atoms with Crippen LogP contribution in [0.1, 0.15) is 43.9 Å². The van der Waals surface area contributed by atoms with Gasteiger partial charge >= 0.3 is 6.03 Å². The second-order valence-electron chi connectivity index (χ2n) is 5.39. The Morgan fingerprint density at radius 3 is 2.94 bits per heavy atom. The molecule has 1 aromatic carbocycles. The maximum Gasteiger partial charge on any atom is 0.315 e. The number of hydrogen-bond donors (Lipinski definition) is 2. The van der Waals surface area contributed by atoms with Gasteiger partial charge in [0.05, 0.1) is 6.04 Å². The minimum absolute atomic E-state index is 0.0506. The molecule has 0 aromatic heterocycles. The second-order valence-corrected chi connectivity index (χ2v) is 5.39. The first kappa shape index (κ1) is 12.9. The number of fused-ring (bicyclic) bond motifs is 1. The van der Waals surface area contributed by atoms with E-state index in [4.69, 9.17) is 0 Å². The number of hydrogen-bond acceptors (Lipinski definition) is 1. The van der Waals surface area contributed by atoms with E-state index in [1.54, 1.807) is 0 Å². The lowest BCUT2D eigenvalue weighted by Gasteiger charge is -2.26. The highest BCUT2D eigenvalue weighted by Crippen LogP contribution is 2.29. The SMILES string of the molecule is CC(C)CNC(=O)N[C@H]1CCCc2ccccc21. The number of carbonyl (C=O) groups excluding carboxylic acids is 1. The fraction of sp³-hybridized carbons (Fsp3) is 0.533. The Labute approximate surface area is 109 Å². The Bertz CT molecular complexity index is 415. The van der Waals surface area contributed by atoms with Gasteiger partial charge in [0, 0.05) is 6.54 Å². The lowest BCUT2D eigenvalue weighted by Crippen LogP contribution is -2.40. The summed E-state index contributed by atoms with van der Waals surface area (Å²) < 4.78 is 0. The van der Waals surface area contributed by atoms with E-state index < -0.39 is 0 Å². The largest absolute Gasteiger partial charge is 0.338 e. The molecular weight excluding hydrogens is 224 g/mol. The van der Waals surface area contributed by atoms with E-state index in [2.05, 4.69) is 42.7 Å². The van der Waals surface area contributed by atoms with Gasteiger partial charge in [-0.2, -0.15) is 0 Å². The molecule has 3 nitrogen and oxygen atoms in total. The molecule has 1 aromatic rings. The van der Waals surface area contributed by atoms with E-state index in [1.807, 2.05) is 6.07 Å². The van der Waals surface area contributed by atoms with E-state index in [0.717, 1.165) is 25.8 Å². The predicted molar refractivity (Wildman–Crippen MR) is 73.5 cm³/mol. The minimum atomic E-state index is -0.0506. The predicted octanol–water partition coefficient (Wildman–Crippen LogP) is 3.02. The lowest BCUT2D eigenvalue weighted by molar-refractivity contribution is 0.234. The third-order valence-electron chi connectivity index (χ3n) is 3.35. The van der Waals surface area contributed by atoms with Crippen LogP contribution in [0.4, 0.5) is 4.79 Å². The first-order valence-corrected chi connectivity index (χ1v) is 6.79. The second kappa shape index (κ2) is 5.89. The van der Waals surface area contributed by atoms with Gasteiger partial charge in [-0.25, -0.2) is 4.79 Å². The molecule has 0 spiro atoms. The summed E-state index contributed by atoms with van der Waals surface area (Å²) in [7, 11) is 0. The van der Waals surface area contributed by atoms with Crippen molar-refractivity contribution < 1.29 is 4.79 Å². The number of amides is 2. The smallest absolute Gasteiger partial charge is 0.315 e. The van der Waals surface area contributed by atoms with Crippen LogP contribution < -0.4 is 10.6 Å². The highest BCUT2D eigenvalue weighted by atomic mass is 16.2. The van der Waals surface area contributed by atoms with Crippen molar-refractivity contribution in [2.75, 3.05) is 6.54 Å². The number of urea groups is 1. The minimum Gasteiger partial charge on any atom is -0.338 e. The number of aryl methyl sites for hydroxylation is 1. The fourth-order valence-corrected chi connectivity index (χ4v) is 2.41. The van der Waals surface area contributed by atoms with Crippen molar-refractivity contribution in [3.05, 3.63) is 35.4 Å². The van der Waals surface area contributed by atoms with Crippen molar-refractivity contribution in [2.45, 2.75) is 39.2 Å². The number of nitrogens with one attached hydrogen (secondary N) is 2. The molecule has 0 fully saturated rings. The van der Waals surface area contributed by atoms with Gasteiger partial charge in [0.1, 0.15) is 0 Å². The van der Waals surface area contributed by atoms with Gasteiger partial charge in [0.2, 0.25) is 0 Å². The summed E-state index contributed by atoms with van der Waals surface area (Å²) in [6.07, 6.45) is 3.31. The zero-order valence-corrected chi connectivity index (χ0v) is 11.2. The van der Waals surface area contributed by atoms with Gasteiger partial charge < -0.3 is 10.6 Å². The van der Waals surface area contributed by atoms with Crippen molar-refractivity contribution in [1.82, 2.24) is 10.6 Å². The summed E-state index contributed by atoms with van der Waals surface area (Å²) in [6.45, 7) is 4.91. The number of carbonyl (C=O) groups is 1. The molecule has 0 aliphatic heterocycles. The summed E-state index contributed by atoms with van der Waals surface area (Å²) in [6, 6.07) is 8.52. The van der Waals surface area contributed by atoms with Gasteiger partial charge in [0.25, 0.3) is 0 Å².